The van der Waals surface area contributed by atoms with Gasteiger partial charge in [0.15, 0.2) is 0 Å². The van der Waals surface area contributed by atoms with Gasteiger partial charge in [0.2, 0.25) is 0 Å². The zero-order valence-electron chi connectivity index (χ0n) is 10.2. The van der Waals surface area contributed by atoms with Gasteiger partial charge in [-0.1, -0.05) is 6.07 Å². The number of carbonyl (C=O) groups is 2. The number of nitrogens with zero attached hydrogens (tertiary/aromatic N) is 1. The number of carboxylic acid groups (broad SMARTS) is 1. The summed E-state index contributed by atoms with van der Waals surface area (Å²) in [6, 6.07) is 6.42. The van der Waals surface area contributed by atoms with Gasteiger partial charge in [-0.15, -0.1) is 11.3 Å². The molecule has 2 aromatic heterocycles. The summed E-state index contributed by atoms with van der Waals surface area (Å²) in [6.45, 7) is 1.85. The van der Waals surface area contributed by atoms with E-state index in [9.17, 15) is 9.59 Å². The van der Waals surface area contributed by atoms with Gasteiger partial charge in [0.1, 0.15) is 4.88 Å². The number of pyridine rings is 1. The van der Waals surface area contributed by atoms with E-state index in [-0.39, 0.29) is 16.8 Å². The molecule has 2 N–H and O–H groups in total. The van der Waals surface area contributed by atoms with Crippen LogP contribution < -0.4 is 5.32 Å². The van der Waals surface area contributed by atoms with Crippen molar-refractivity contribution < 1.29 is 14.7 Å². The molecule has 98 valence electrons. The number of thiophene rings is 1. The number of hydrogen-bond donors (Lipinski definition) is 2. The monoisotopic (exact) mass is 276 g/mol. The maximum absolute atomic E-state index is 12.0. The summed E-state index contributed by atoms with van der Waals surface area (Å²) < 4.78 is 0. The zero-order valence-corrected chi connectivity index (χ0v) is 11.0. The van der Waals surface area contributed by atoms with Crippen molar-refractivity contribution >= 4 is 23.2 Å². The Morgan fingerprint density at radius 1 is 1.32 bits per heavy atom. The minimum atomic E-state index is -1.02. The van der Waals surface area contributed by atoms with Crippen molar-refractivity contribution in [2.75, 3.05) is 0 Å². The molecule has 2 rings (SSSR count). The quantitative estimate of drug-likeness (QED) is 0.898. The average molecular weight is 276 g/mol. The predicted molar refractivity (Wildman–Crippen MR) is 71.4 cm³/mol. The van der Waals surface area contributed by atoms with Crippen LogP contribution in [0, 0.1) is 0 Å². The number of aromatic nitrogens is 1. The first-order valence-corrected chi connectivity index (χ1v) is 6.43. The highest BCUT2D eigenvalue weighted by Crippen LogP contribution is 2.18. The summed E-state index contributed by atoms with van der Waals surface area (Å²) in [5, 5.41) is 11.6. The molecule has 6 heteroatoms. The second kappa shape index (κ2) is 5.62. The Kier molecular flexibility index (Phi) is 3.91. The minimum absolute atomic E-state index is 0.152. The molecule has 1 amide bonds. The van der Waals surface area contributed by atoms with Crippen molar-refractivity contribution in [1.82, 2.24) is 10.3 Å². The van der Waals surface area contributed by atoms with Crippen LogP contribution in [0.2, 0.25) is 0 Å². The van der Waals surface area contributed by atoms with Crippen LogP contribution in [-0.4, -0.2) is 22.0 Å². The maximum Gasteiger partial charge on any atom is 0.345 e. The van der Waals surface area contributed by atoms with Crippen molar-refractivity contribution in [3.8, 4) is 0 Å². The van der Waals surface area contributed by atoms with E-state index < -0.39 is 5.97 Å². The minimum Gasteiger partial charge on any atom is -0.477 e. The number of amides is 1. The highest BCUT2D eigenvalue weighted by molar-refractivity contribution is 7.15. The van der Waals surface area contributed by atoms with Crippen LogP contribution in [0.15, 0.2) is 36.7 Å². The molecule has 5 nitrogen and oxygen atoms in total. The van der Waals surface area contributed by atoms with Crippen LogP contribution in [0.3, 0.4) is 0 Å². The lowest BCUT2D eigenvalue weighted by Gasteiger charge is -2.12. The van der Waals surface area contributed by atoms with Gasteiger partial charge >= 0.3 is 5.97 Å². The average Bonchev–Trinajstić information content (AvgIpc) is 2.89. The van der Waals surface area contributed by atoms with Gasteiger partial charge in [-0.25, -0.2) is 4.79 Å². The van der Waals surface area contributed by atoms with Gasteiger partial charge < -0.3 is 10.4 Å². The van der Waals surface area contributed by atoms with Gasteiger partial charge in [0.05, 0.1) is 10.9 Å². The van der Waals surface area contributed by atoms with Crippen LogP contribution in [0.25, 0.3) is 0 Å². The second-order valence-electron chi connectivity index (χ2n) is 3.95. The first-order valence-electron chi connectivity index (χ1n) is 5.62. The van der Waals surface area contributed by atoms with E-state index in [2.05, 4.69) is 10.3 Å². The zero-order chi connectivity index (χ0) is 13.8. The lowest BCUT2D eigenvalue weighted by Crippen LogP contribution is -2.25. The Morgan fingerprint density at radius 3 is 2.63 bits per heavy atom. The summed E-state index contributed by atoms with van der Waals surface area (Å²) in [4.78, 5) is 27.2. The number of rotatable bonds is 4. The number of nitrogens with one attached hydrogen (secondary N) is 1. The number of carbonyl (C=O) groups excluding carboxylic acids is 1. The molecule has 0 aliphatic rings. The molecular formula is C13H12N2O3S. The third-order valence-corrected chi connectivity index (χ3v) is 3.64. The molecule has 0 bridgehead atoms. The Balaban J connectivity index is 2.06. The maximum atomic E-state index is 12.0. The molecule has 0 fully saturated rings. The lowest BCUT2D eigenvalue weighted by molar-refractivity contribution is 0.0702. The van der Waals surface area contributed by atoms with E-state index in [0.717, 1.165) is 16.9 Å². The fourth-order valence-electron chi connectivity index (χ4n) is 1.56. The predicted octanol–water partition coefficient (Wildman–Crippen LogP) is 2.33. The van der Waals surface area contributed by atoms with Crippen LogP contribution in [0.1, 0.15) is 37.9 Å². The molecule has 2 heterocycles. The van der Waals surface area contributed by atoms with Crippen LogP contribution in [-0.2, 0) is 0 Å². The van der Waals surface area contributed by atoms with Gasteiger partial charge in [-0.3, -0.25) is 9.78 Å². The summed E-state index contributed by atoms with van der Waals surface area (Å²) >= 11 is 0.959. The van der Waals surface area contributed by atoms with E-state index in [4.69, 9.17) is 5.11 Å². The van der Waals surface area contributed by atoms with Crippen molar-refractivity contribution in [3.63, 3.8) is 0 Å². The van der Waals surface area contributed by atoms with Gasteiger partial charge in [-0.2, -0.15) is 0 Å². The molecule has 2 aromatic rings. The highest BCUT2D eigenvalue weighted by atomic mass is 32.1. The summed E-state index contributed by atoms with van der Waals surface area (Å²) in [6.07, 6.45) is 3.35. The van der Waals surface area contributed by atoms with Crippen molar-refractivity contribution in [2.24, 2.45) is 0 Å². The molecule has 19 heavy (non-hydrogen) atoms. The van der Waals surface area contributed by atoms with Crippen molar-refractivity contribution in [2.45, 2.75) is 13.0 Å². The molecule has 0 saturated heterocycles. The van der Waals surface area contributed by atoms with Crippen LogP contribution >= 0.6 is 11.3 Å². The van der Waals surface area contributed by atoms with E-state index in [0.29, 0.717) is 4.88 Å². The Labute approximate surface area is 113 Å². The van der Waals surface area contributed by atoms with Crippen molar-refractivity contribution in [1.29, 1.82) is 0 Å². The largest absolute Gasteiger partial charge is 0.477 e. The smallest absolute Gasteiger partial charge is 0.345 e. The third kappa shape index (κ3) is 3.17. The van der Waals surface area contributed by atoms with Gasteiger partial charge in [0, 0.05) is 12.4 Å². The third-order valence-electron chi connectivity index (χ3n) is 2.57. The Morgan fingerprint density at radius 2 is 2.05 bits per heavy atom. The van der Waals surface area contributed by atoms with E-state index in [1.54, 1.807) is 18.5 Å². The normalized spacial score (nSPS) is 11.8. The fourth-order valence-corrected chi connectivity index (χ4v) is 2.31. The second-order valence-corrected chi connectivity index (χ2v) is 5.03. The van der Waals surface area contributed by atoms with Crippen LogP contribution in [0.4, 0.5) is 0 Å². The Bertz CT molecular complexity index is 595. The summed E-state index contributed by atoms with van der Waals surface area (Å²) in [7, 11) is 0. The number of hydrogen-bond acceptors (Lipinski definition) is 4. The standard InChI is InChI=1S/C13H12N2O3S/c1-8(9-3-2-6-14-7-9)15-12(16)10-4-5-11(19-10)13(17)18/h2-8H,1H3,(H,15,16)(H,17,18). The van der Waals surface area contributed by atoms with Gasteiger partial charge in [0.25, 0.3) is 5.91 Å². The number of aromatic carboxylic acids is 1. The first-order chi connectivity index (χ1) is 9.08. The van der Waals surface area contributed by atoms with Gasteiger partial charge in [-0.05, 0) is 30.7 Å². The molecule has 0 spiro atoms. The molecular weight excluding hydrogens is 264 g/mol. The van der Waals surface area contributed by atoms with E-state index >= 15 is 0 Å². The summed E-state index contributed by atoms with van der Waals surface area (Å²) in [5.41, 5.74) is 0.894. The van der Waals surface area contributed by atoms with E-state index in [1.165, 1.54) is 12.1 Å². The summed E-state index contributed by atoms with van der Waals surface area (Å²) in [5.74, 6) is -1.31. The molecule has 0 aliphatic heterocycles. The number of carboxylic acids is 1. The molecule has 0 aromatic carbocycles. The molecule has 0 aliphatic carbocycles. The van der Waals surface area contributed by atoms with Crippen molar-refractivity contribution in [3.05, 3.63) is 52.0 Å². The lowest BCUT2D eigenvalue weighted by atomic mass is 10.1. The van der Waals surface area contributed by atoms with Crippen LogP contribution in [0.5, 0.6) is 0 Å². The molecule has 1 unspecified atom stereocenters. The molecule has 0 radical (unpaired) electrons. The Hall–Kier alpha value is -2.21. The van der Waals surface area contributed by atoms with E-state index in [1.807, 2.05) is 13.0 Å². The molecule has 1 atom stereocenters. The fraction of sp³-hybridized carbons (Fsp3) is 0.154. The topological polar surface area (TPSA) is 79.3 Å². The highest BCUT2D eigenvalue weighted by Gasteiger charge is 2.15. The molecule has 0 saturated carbocycles. The SMILES string of the molecule is CC(NC(=O)c1ccc(C(=O)O)s1)c1cccnc1. The first kappa shape index (κ1) is 13.2.